The molecule has 7 N–H and O–H groups in total. The van der Waals surface area contributed by atoms with Crippen LogP contribution >= 0.6 is 0 Å². The second-order valence-electron chi connectivity index (χ2n) is 5.05. The minimum Gasteiger partial charge on any atom is -0.415 e. The number of imidazole rings is 1. The fourth-order valence-corrected chi connectivity index (χ4v) is 2.46. The van der Waals surface area contributed by atoms with Gasteiger partial charge in [-0.2, -0.15) is 4.98 Å². The number of nitrogen functional groups attached to an aromatic ring is 1. The largest absolute Gasteiger partial charge is 0.728 e. The quantitative estimate of drug-likeness (QED) is 0.291. The molecule has 24 heavy (non-hydrogen) atoms. The van der Waals surface area contributed by atoms with E-state index in [1.165, 1.54) is 0 Å². The number of aliphatic hydroxyl groups is 3. The van der Waals surface area contributed by atoms with Gasteiger partial charge in [-0.1, -0.05) is 0 Å². The first-order valence-corrected chi connectivity index (χ1v) is 6.76. The number of fused-ring (bicyclic) bond motifs is 1. The molecule has 0 amide bonds. The molecule has 0 bridgehead atoms. The van der Waals surface area contributed by atoms with Crippen LogP contribution in [0.25, 0.3) is 11.2 Å². The molecule has 3 rings (SSSR count). The summed E-state index contributed by atoms with van der Waals surface area (Å²) >= 11 is 0. The number of aliphatic hydroxyl groups excluding tert-OH is 3. The monoisotopic (exact) mass is 343 g/mol. The predicted octanol–water partition coefficient (Wildman–Crippen LogP) is -4.82. The Labute approximate surface area is 133 Å². The van der Waals surface area contributed by atoms with Crippen LogP contribution in [0.15, 0.2) is 11.1 Å². The second-order valence-corrected chi connectivity index (χ2v) is 5.05. The van der Waals surface area contributed by atoms with Crippen LogP contribution in [0.4, 0.5) is 5.95 Å². The van der Waals surface area contributed by atoms with Gasteiger partial charge in [-0.05, 0) is 0 Å². The Kier molecular flexibility index (Phi) is 4.16. The maximum Gasteiger partial charge on any atom is 0.728 e. The van der Waals surface area contributed by atoms with Crippen molar-refractivity contribution < 1.29 is 34.9 Å². The van der Waals surface area contributed by atoms with E-state index in [4.69, 9.17) is 25.6 Å². The Balaban J connectivity index is 2.08. The van der Waals surface area contributed by atoms with Gasteiger partial charge < -0.3 is 40.6 Å². The Hall–Kier alpha value is -2.23. The fourth-order valence-electron chi connectivity index (χ4n) is 2.46. The molecule has 0 aromatic carbocycles. The molecule has 13 nitrogen and oxygen atoms in total. The summed E-state index contributed by atoms with van der Waals surface area (Å²) in [6.45, 7) is -0.522. The molecular weight excluding hydrogens is 329 g/mol. The lowest BCUT2D eigenvalue weighted by molar-refractivity contribution is -0.0511. The molecule has 2 unspecified atom stereocenters. The molecule has 0 radical (unpaired) electrons. The van der Waals surface area contributed by atoms with Gasteiger partial charge in [0, 0.05) is 0 Å². The summed E-state index contributed by atoms with van der Waals surface area (Å²) in [5, 5.41) is 46.5. The molecule has 1 aliphatic heterocycles. The molecule has 14 heteroatoms. The predicted molar refractivity (Wildman–Crippen MR) is 76.0 cm³/mol. The average molecular weight is 343 g/mol. The fraction of sp³-hybridized carbons (Fsp3) is 0.500. The number of hydrogen-bond acceptors (Lipinski definition) is 11. The molecule has 3 heterocycles. The normalized spacial score (nSPS) is 26.9. The summed E-state index contributed by atoms with van der Waals surface area (Å²) in [5.74, 6) is -0.505. The topological polar surface area (TPSA) is 198 Å². The Bertz CT molecular complexity index is 808. The molecule has 2 aromatic rings. The molecular formula is C10H14BN5O8. The van der Waals surface area contributed by atoms with E-state index in [9.17, 15) is 15.0 Å². The highest BCUT2D eigenvalue weighted by Gasteiger charge is 2.44. The Morgan fingerprint density at radius 2 is 2.08 bits per heavy atom. The number of nitrogens with two attached hydrogens (primary N) is 1. The average Bonchev–Trinajstić information content (AvgIpc) is 3.06. The molecule has 1 saturated heterocycles. The van der Waals surface area contributed by atoms with Gasteiger partial charge in [0.05, 0.1) is 12.9 Å². The molecule has 130 valence electrons. The zero-order valence-corrected chi connectivity index (χ0v) is 12.0. The van der Waals surface area contributed by atoms with Crippen LogP contribution in [-0.2, 0) is 4.74 Å². The number of ether oxygens (including phenoxy) is 1. The van der Waals surface area contributed by atoms with E-state index >= 15 is 0 Å². The smallest absolute Gasteiger partial charge is 0.415 e. The third-order valence-electron chi connectivity index (χ3n) is 3.57. The van der Waals surface area contributed by atoms with Gasteiger partial charge in [-0.15, -0.1) is 4.73 Å². The molecule has 0 spiro atoms. The van der Waals surface area contributed by atoms with Crippen LogP contribution < -0.4 is 16.0 Å². The third kappa shape index (κ3) is 2.50. The van der Waals surface area contributed by atoms with E-state index in [2.05, 4.69) is 14.7 Å². The van der Waals surface area contributed by atoms with Crippen LogP contribution in [0.2, 0.25) is 0 Å². The summed E-state index contributed by atoms with van der Waals surface area (Å²) in [4.78, 5) is 19.9. The first-order valence-electron chi connectivity index (χ1n) is 6.76. The molecule has 1 aliphatic rings. The van der Waals surface area contributed by atoms with E-state index in [0.29, 0.717) is 4.73 Å². The standard InChI is InChI=1S/C10H14BN5O8/c12-10-14-7-4(8(20)16(10)24-11(21)22)13-2-15(7)9-6(19)5(18)3(1-17)23-9/h2-3,5-6,9,17-19,21-22H,1H2,(H2,12,14)/t3-,5?,6?,9-/m1/s1. The van der Waals surface area contributed by atoms with Crippen molar-refractivity contribution in [2.45, 2.75) is 24.5 Å². The highest BCUT2D eigenvalue weighted by atomic mass is 16.7. The zero-order valence-electron chi connectivity index (χ0n) is 12.0. The van der Waals surface area contributed by atoms with Crippen LogP contribution in [0.5, 0.6) is 0 Å². The first-order chi connectivity index (χ1) is 11.3. The van der Waals surface area contributed by atoms with Gasteiger partial charge in [-0.25, -0.2) is 4.98 Å². The van der Waals surface area contributed by atoms with Gasteiger partial charge >= 0.3 is 12.9 Å². The molecule has 0 aliphatic carbocycles. The maximum absolute atomic E-state index is 12.2. The number of rotatable bonds is 4. The van der Waals surface area contributed by atoms with Gasteiger partial charge in [0.2, 0.25) is 5.95 Å². The minimum absolute atomic E-state index is 0.0837. The number of hydrogen-bond donors (Lipinski definition) is 6. The van der Waals surface area contributed by atoms with Crippen molar-refractivity contribution in [3.8, 4) is 0 Å². The Morgan fingerprint density at radius 1 is 1.38 bits per heavy atom. The first kappa shape index (κ1) is 16.6. The lowest BCUT2D eigenvalue weighted by Gasteiger charge is -2.17. The van der Waals surface area contributed by atoms with Crippen molar-refractivity contribution in [3.05, 3.63) is 16.7 Å². The van der Waals surface area contributed by atoms with E-state index in [0.717, 1.165) is 10.9 Å². The van der Waals surface area contributed by atoms with Gasteiger partial charge in [-0.3, -0.25) is 9.36 Å². The van der Waals surface area contributed by atoms with Gasteiger partial charge in [0.1, 0.15) is 18.3 Å². The lowest BCUT2D eigenvalue weighted by atomic mass is 10.1. The molecule has 0 saturated carbocycles. The highest BCUT2D eigenvalue weighted by Crippen LogP contribution is 2.30. The van der Waals surface area contributed by atoms with Crippen LogP contribution in [0.3, 0.4) is 0 Å². The lowest BCUT2D eigenvalue weighted by Crippen LogP contribution is -2.39. The van der Waals surface area contributed by atoms with Crippen molar-refractivity contribution in [2.75, 3.05) is 12.3 Å². The van der Waals surface area contributed by atoms with Crippen molar-refractivity contribution in [2.24, 2.45) is 0 Å². The SMILES string of the molecule is Nc1nc2c(ncn2[C@@H]2O[C@H](CO)C(O)C2O)c(=O)n1OB(O)O. The molecule has 4 atom stereocenters. The van der Waals surface area contributed by atoms with Crippen LogP contribution in [0.1, 0.15) is 6.23 Å². The van der Waals surface area contributed by atoms with E-state index in [1.54, 1.807) is 0 Å². The zero-order chi connectivity index (χ0) is 17.6. The van der Waals surface area contributed by atoms with E-state index in [-0.39, 0.29) is 11.2 Å². The summed E-state index contributed by atoms with van der Waals surface area (Å²) in [6, 6.07) is 0. The van der Waals surface area contributed by atoms with Crippen molar-refractivity contribution in [1.82, 2.24) is 19.3 Å². The maximum atomic E-state index is 12.2. The van der Waals surface area contributed by atoms with E-state index in [1.807, 2.05) is 0 Å². The summed E-state index contributed by atoms with van der Waals surface area (Å²) < 4.78 is 11.3. The summed E-state index contributed by atoms with van der Waals surface area (Å²) in [7, 11) is -2.30. The van der Waals surface area contributed by atoms with Crippen molar-refractivity contribution in [3.63, 3.8) is 0 Å². The van der Waals surface area contributed by atoms with E-state index < -0.39 is 50.0 Å². The summed E-state index contributed by atoms with van der Waals surface area (Å²) in [5.41, 5.74) is 4.30. The van der Waals surface area contributed by atoms with Gasteiger partial charge in [0.25, 0.3) is 0 Å². The second kappa shape index (κ2) is 6.01. The third-order valence-corrected chi connectivity index (χ3v) is 3.57. The summed E-state index contributed by atoms with van der Waals surface area (Å²) in [6.07, 6.45) is -3.80. The van der Waals surface area contributed by atoms with Crippen LogP contribution in [0, 0.1) is 0 Å². The Morgan fingerprint density at radius 3 is 2.67 bits per heavy atom. The van der Waals surface area contributed by atoms with Crippen LogP contribution in [-0.4, -0.2) is 76.9 Å². The molecule has 2 aromatic heterocycles. The number of nitrogens with zero attached hydrogens (tertiary/aromatic N) is 4. The minimum atomic E-state index is -2.30. The van der Waals surface area contributed by atoms with Gasteiger partial charge in [0.15, 0.2) is 17.4 Å². The highest BCUT2D eigenvalue weighted by molar-refractivity contribution is 6.32. The number of aromatic nitrogens is 4. The van der Waals surface area contributed by atoms with Crippen molar-refractivity contribution in [1.29, 1.82) is 0 Å². The van der Waals surface area contributed by atoms with Crippen molar-refractivity contribution >= 4 is 24.4 Å². The molecule has 1 fully saturated rings. The number of anilines is 1.